The van der Waals surface area contributed by atoms with Crippen molar-refractivity contribution in [2.45, 2.75) is 43.8 Å². The van der Waals surface area contributed by atoms with Crippen LogP contribution in [0.4, 0.5) is 0 Å². The lowest BCUT2D eigenvalue weighted by Gasteiger charge is -2.52. The van der Waals surface area contributed by atoms with Gasteiger partial charge in [-0.3, -0.25) is 0 Å². The third-order valence-corrected chi connectivity index (χ3v) is 6.02. The monoisotopic (exact) mass is 322 g/mol. The highest BCUT2D eigenvalue weighted by Gasteiger charge is 2.46. The molecular formula is C21H26N2O. The largest absolute Gasteiger partial charge is 0.508 e. The highest BCUT2D eigenvalue weighted by atomic mass is 16.3. The fourth-order valence-corrected chi connectivity index (χ4v) is 4.54. The first-order valence-electron chi connectivity index (χ1n) is 8.88. The van der Waals surface area contributed by atoms with Gasteiger partial charge in [0.2, 0.25) is 0 Å². The predicted octanol–water partition coefficient (Wildman–Crippen LogP) is 3.59. The molecule has 2 aliphatic rings. The highest BCUT2D eigenvalue weighted by molar-refractivity contribution is 5.45. The summed E-state index contributed by atoms with van der Waals surface area (Å²) in [6.45, 7) is 4.34. The number of likely N-dealkylation sites (tertiary alicyclic amines) is 1. The van der Waals surface area contributed by atoms with E-state index in [0.29, 0.717) is 17.8 Å². The molecule has 0 radical (unpaired) electrons. The Bertz CT molecular complexity index is 730. The number of phenolic OH excluding ortho intramolecular Hbond substituents is 1. The van der Waals surface area contributed by atoms with Gasteiger partial charge in [0.05, 0.1) is 0 Å². The lowest BCUT2D eigenvalue weighted by molar-refractivity contribution is 0.0796. The second kappa shape index (κ2) is 5.91. The maximum atomic E-state index is 10.0. The molecule has 0 aromatic heterocycles. The highest BCUT2D eigenvalue weighted by Crippen LogP contribution is 2.49. The Balaban J connectivity index is 1.69. The fourth-order valence-electron chi connectivity index (χ4n) is 4.54. The SMILES string of the molecule is CN1CCC2(C)CC1C(NCc1ccccc1)c1ccc(O)cc12. The molecule has 126 valence electrons. The zero-order chi connectivity index (χ0) is 16.7. The van der Waals surface area contributed by atoms with Gasteiger partial charge in [-0.15, -0.1) is 0 Å². The normalized spacial score (nSPS) is 29.2. The quantitative estimate of drug-likeness (QED) is 0.906. The first-order chi connectivity index (χ1) is 11.6. The van der Waals surface area contributed by atoms with Gasteiger partial charge in [0.1, 0.15) is 5.75 Å². The Morgan fingerprint density at radius 1 is 1.21 bits per heavy atom. The summed E-state index contributed by atoms with van der Waals surface area (Å²) in [5.41, 5.74) is 4.17. The molecule has 3 atom stereocenters. The van der Waals surface area contributed by atoms with Crippen molar-refractivity contribution in [1.82, 2.24) is 10.2 Å². The van der Waals surface area contributed by atoms with Crippen LogP contribution in [0, 0.1) is 0 Å². The minimum absolute atomic E-state index is 0.177. The molecule has 3 heteroatoms. The first-order valence-corrected chi connectivity index (χ1v) is 8.88. The van der Waals surface area contributed by atoms with Gasteiger partial charge in [-0.1, -0.05) is 43.3 Å². The van der Waals surface area contributed by atoms with Crippen LogP contribution < -0.4 is 5.32 Å². The van der Waals surface area contributed by atoms with Gasteiger partial charge >= 0.3 is 0 Å². The van der Waals surface area contributed by atoms with Crippen LogP contribution in [0.1, 0.15) is 42.5 Å². The summed E-state index contributed by atoms with van der Waals surface area (Å²) in [6.07, 6.45) is 2.30. The number of likely N-dealkylation sites (N-methyl/N-ethyl adjacent to an activating group) is 1. The zero-order valence-corrected chi connectivity index (χ0v) is 14.5. The van der Waals surface area contributed by atoms with E-state index in [0.717, 1.165) is 25.9 Å². The Hall–Kier alpha value is -1.84. The van der Waals surface area contributed by atoms with Crippen LogP contribution >= 0.6 is 0 Å². The number of piperidine rings is 1. The maximum absolute atomic E-state index is 10.0. The summed E-state index contributed by atoms with van der Waals surface area (Å²) < 4.78 is 0. The smallest absolute Gasteiger partial charge is 0.115 e. The Labute approximate surface area is 144 Å². The second-order valence-electron chi connectivity index (χ2n) is 7.68. The summed E-state index contributed by atoms with van der Waals surface area (Å²) in [4.78, 5) is 2.50. The fraction of sp³-hybridized carbons (Fsp3) is 0.429. The standard InChI is InChI=1S/C21H26N2O/c1-21-10-11-23(2)19(13-21)20(17-9-8-16(24)12-18(17)21)22-14-15-6-4-3-5-7-15/h3-9,12,19-20,22,24H,10-11,13-14H2,1-2H3. The van der Waals surface area contributed by atoms with Crippen LogP contribution in [-0.4, -0.2) is 29.6 Å². The summed E-state index contributed by atoms with van der Waals surface area (Å²) in [6, 6.07) is 17.3. The summed E-state index contributed by atoms with van der Waals surface area (Å²) >= 11 is 0. The van der Waals surface area contributed by atoms with E-state index in [2.05, 4.69) is 60.6 Å². The van der Waals surface area contributed by atoms with Gasteiger partial charge in [-0.2, -0.15) is 0 Å². The molecule has 2 aromatic rings. The van der Waals surface area contributed by atoms with Gasteiger partial charge in [-0.05, 0) is 60.7 Å². The third-order valence-electron chi connectivity index (χ3n) is 6.02. The molecule has 1 saturated heterocycles. The van der Waals surface area contributed by atoms with Crippen molar-refractivity contribution >= 4 is 0 Å². The van der Waals surface area contributed by atoms with Crippen molar-refractivity contribution < 1.29 is 5.11 Å². The minimum atomic E-state index is 0.177. The van der Waals surface area contributed by atoms with Crippen LogP contribution in [0.25, 0.3) is 0 Å². The number of phenols is 1. The van der Waals surface area contributed by atoms with E-state index in [9.17, 15) is 5.11 Å². The molecule has 2 aromatic carbocycles. The molecular weight excluding hydrogens is 296 g/mol. The topological polar surface area (TPSA) is 35.5 Å². The number of nitrogens with zero attached hydrogens (tertiary/aromatic N) is 1. The molecule has 1 heterocycles. The number of benzene rings is 2. The number of hydrogen-bond acceptors (Lipinski definition) is 3. The molecule has 24 heavy (non-hydrogen) atoms. The number of aromatic hydroxyl groups is 1. The molecule has 4 rings (SSSR count). The predicted molar refractivity (Wildman–Crippen MR) is 97.1 cm³/mol. The van der Waals surface area contributed by atoms with Gasteiger partial charge in [0.25, 0.3) is 0 Å². The molecule has 2 N–H and O–H groups in total. The van der Waals surface area contributed by atoms with Gasteiger partial charge < -0.3 is 15.3 Å². The second-order valence-corrected chi connectivity index (χ2v) is 7.68. The Morgan fingerprint density at radius 2 is 2.00 bits per heavy atom. The van der Waals surface area contributed by atoms with Gasteiger partial charge in [0.15, 0.2) is 0 Å². The summed E-state index contributed by atoms with van der Waals surface area (Å²) in [5.74, 6) is 0.383. The molecule has 3 unspecified atom stereocenters. The average Bonchev–Trinajstić information content (AvgIpc) is 2.59. The molecule has 1 fully saturated rings. The van der Waals surface area contributed by atoms with Crippen LogP contribution in [0.2, 0.25) is 0 Å². The molecule has 2 bridgehead atoms. The third kappa shape index (κ3) is 2.62. The molecule has 0 saturated carbocycles. The molecule has 1 aliphatic heterocycles. The molecule has 1 aliphatic carbocycles. The van der Waals surface area contributed by atoms with E-state index in [1.165, 1.54) is 16.7 Å². The van der Waals surface area contributed by atoms with Crippen LogP contribution in [0.5, 0.6) is 5.75 Å². The zero-order valence-electron chi connectivity index (χ0n) is 14.5. The lowest BCUT2D eigenvalue weighted by Crippen LogP contribution is -2.55. The van der Waals surface area contributed by atoms with E-state index in [-0.39, 0.29) is 5.41 Å². The van der Waals surface area contributed by atoms with E-state index in [4.69, 9.17) is 0 Å². The lowest BCUT2D eigenvalue weighted by atomic mass is 9.63. The number of rotatable bonds is 3. The van der Waals surface area contributed by atoms with Crippen molar-refractivity contribution in [3.05, 3.63) is 65.2 Å². The van der Waals surface area contributed by atoms with Gasteiger partial charge in [-0.25, -0.2) is 0 Å². The number of fused-ring (bicyclic) bond motifs is 4. The van der Waals surface area contributed by atoms with Crippen LogP contribution in [-0.2, 0) is 12.0 Å². The van der Waals surface area contributed by atoms with Crippen molar-refractivity contribution in [3.8, 4) is 5.75 Å². The molecule has 0 spiro atoms. The van der Waals surface area contributed by atoms with Crippen molar-refractivity contribution in [2.75, 3.05) is 13.6 Å². The van der Waals surface area contributed by atoms with Gasteiger partial charge in [0, 0.05) is 18.6 Å². The van der Waals surface area contributed by atoms with Crippen molar-refractivity contribution in [2.24, 2.45) is 0 Å². The number of nitrogens with one attached hydrogen (secondary N) is 1. The number of hydrogen-bond donors (Lipinski definition) is 2. The van der Waals surface area contributed by atoms with Crippen LogP contribution in [0.15, 0.2) is 48.5 Å². The summed E-state index contributed by atoms with van der Waals surface area (Å²) in [5, 5.41) is 13.8. The van der Waals surface area contributed by atoms with E-state index < -0.39 is 0 Å². The minimum Gasteiger partial charge on any atom is -0.508 e. The first kappa shape index (κ1) is 15.7. The Morgan fingerprint density at radius 3 is 2.79 bits per heavy atom. The van der Waals surface area contributed by atoms with Crippen molar-refractivity contribution in [3.63, 3.8) is 0 Å². The molecule has 0 amide bonds. The van der Waals surface area contributed by atoms with Crippen LogP contribution in [0.3, 0.4) is 0 Å². The van der Waals surface area contributed by atoms with E-state index >= 15 is 0 Å². The summed E-state index contributed by atoms with van der Waals surface area (Å²) in [7, 11) is 2.24. The maximum Gasteiger partial charge on any atom is 0.115 e. The Kier molecular flexibility index (Phi) is 3.86. The van der Waals surface area contributed by atoms with Crippen molar-refractivity contribution in [1.29, 1.82) is 0 Å². The van der Waals surface area contributed by atoms with E-state index in [1.807, 2.05) is 12.1 Å². The van der Waals surface area contributed by atoms with E-state index in [1.54, 1.807) is 0 Å². The average molecular weight is 322 g/mol. The molecule has 3 nitrogen and oxygen atoms in total.